The van der Waals surface area contributed by atoms with Crippen LogP contribution >= 0.6 is 11.3 Å². The van der Waals surface area contributed by atoms with Crippen molar-refractivity contribution in [3.8, 4) is 51.0 Å². The van der Waals surface area contributed by atoms with Crippen molar-refractivity contribution in [2.24, 2.45) is 0 Å². The molecule has 0 N–H and O–H groups in total. The van der Waals surface area contributed by atoms with Crippen LogP contribution in [0.25, 0.3) is 104 Å². The van der Waals surface area contributed by atoms with Gasteiger partial charge >= 0.3 is 0 Å². The van der Waals surface area contributed by atoms with E-state index in [0.29, 0.717) is 17.5 Å². The highest BCUT2D eigenvalue weighted by Gasteiger charge is 2.38. The van der Waals surface area contributed by atoms with Crippen molar-refractivity contribution in [1.29, 1.82) is 0 Å². The number of thiophene rings is 1. The van der Waals surface area contributed by atoms with Gasteiger partial charge in [0.15, 0.2) is 17.5 Å². The van der Waals surface area contributed by atoms with Gasteiger partial charge in [0.05, 0.1) is 11.0 Å². The van der Waals surface area contributed by atoms with E-state index in [1.807, 2.05) is 11.3 Å². The van der Waals surface area contributed by atoms with E-state index >= 15 is 0 Å². The van der Waals surface area contributed by atoms with Crippen LogP contribution in [-0.4, -0.2) is 19.5 Å². The molecule has 3 heterocycles. The molecule has 0 unspecified atom stereocenters. The Morgan fingerprint density at radius 2 is 1.03 bits per heavy atom. The summed E-state index contributed by atoms with van der Waals surface area (Å²) >= 11 is 1.85. The minimum atomic E-state index is 0.0876. The molecule has 11 aromatic rings. The van der Waals surface area contributed by atoms with E-state index in [2.05, 4.69) is 202 Å². The molecule has 0 radical (unpaired) electrons. The molecule has 0 amide bonds. The molecule has 12 rings (SSSR count). The Hall–Kier alpha value is -6.95. The SMILES string of the molecule is CC1(C)CCC(C)(C)c2cc3c(cc21)c1ccccc1n3-c1cccc(-c2nc(-c3cccc(-c4cccc5c4sc4ccccc45)c3)nc(-c3ccc4ccccc4c3)n2)c1. The van der Waals surface area contributed by atoms with Crippen molar-refractivity contribution in [3.63, 3.8) is 0 Å². The second kappa shape index (κ2) is 13.8. The first kappa shape index (κ1) is 36.9. The highest BCUT2D eigenvalue weighted by Crippen LogP contribution is 2.49. The maximum absolute atomic E-state index is 5.30. The first-order chi connectivity index (χ1) is 30.2. The average Bonchev–Trinajstić information content (AvgIpc) is 3.86. The largest absolute Gasteiger partial charge is 0.309 e. The molecule has 298 valence electrons. The first-order valence-corrected chi connectivity index (χ1v) is 22.5. The summed E-state index contributed by atoms with van der Waals surface area (Å²) in [7, 11) is 0. The van der Waals surface area contributed by atoms with Crippen LogP contribution in [0.4, 0.5) is 0 Å². The number of benzene rings is 8. The molecule has 1 aliphatic carbocycles. The fourth-order valence-corrected chi connectivity index (χ4v) is 11.2. The van der Waals surface area contributed by atoms with Crippen molar-refractivity contribution in [3.05, 3.63) is 181 Å². The second-order valence-electron chi connectivity index (χ2n) is 18.3. The van der Waals surface area contributed by atoms with E-state index in [9.17, 15) is 0 Å². The predicted molar refractivity (Wildman–Crippen MR) is 262 cm³/mol. The van der Waals surface area contributed by atoms with Crippen molar-refractivity contribution >= 4 is 64.1 Å². The van der Waals surface area contributed by atoms with E-state index in [1.165, 1.54) is 76.9 Å². The zero-order valence-corrected chi connectivity index (χ0v) is 36.1. The number of rotatable bonds is 5. The number of hydrogen-bond acceptors (Lipinski definition) is 4. The van der Waals surface area contributed by atoms with Crippen molar-refractivity contribution < 1.29 is 0 Å². The van der Waals surface area contributed by atoms with E-state index in [0.717, 1.165) is 33.3 Å². The Morgan fingerprint density at radius 3 is 1.82 bits per heavy atom. The highest BCUT2D eigenvalue weighted by molar-refractivity contribution is 7.26. The monoisotopic (exact) mass is 816 g/mol. The zero-order valence-electron chi connectivity index (χ0n) is 35.3. The lowest BCUT2D eigenvalue weighted by molar-refractivity contribution is 0.332. The van der Waals surface area contributed by atoms with Gasteiger partial charge < -0.3 is 4.57 Å². The van der Waals surface area contributed by atoms with E-state index < -0.39 is 0 Å². The van der Waals surface area contributed by atoms with Crippen LogP contribution < -0.4 is 0 Å². The van der Waals surface area contributed by atoms with Gasteiger partial charge in [-0.25, -0.2) is 15.0 Å². The van der Waals surface area contributed by atoms with Crippen LogP contribution in [0, 0.1) is 0 Å². The van der Waals surface area contributed by atoms with Crippen LogP contribution in [0.2, 0.25) is 0 Å². The van der Waals surface area contributed by atoms with Gasteiger partial charge in [-0.1, -0.05) is 149 Å². The Morgan fingerprint density at radius 1 is 0.435 bits per heavy atom. The normalized spacial score (nSPS) is 14.6. The first-order valence-electron chi connectivity index (χ1n) is 21.6. The Balaban J connectivity index is 1.04. The number of fused-ring (bicyclic) bond motifs is 8. The number of nitrogens with zero attached hydrogens (tertiary/aromatic N) is 4. The Bertz CT molecular complexity index is 3610. The molecule has 8 aromatic carbocycles. The topological polar surface area (TPSA) is 43.6 Å². The third-order valence-corrected chi connectivity index (χ3v) is 14.7. The number of aromatic nitrogens is 4. The predicted octanol–water partition coefficient (Wildman–Crippen LogP) is 15.5. The molecule has 0 saturated carbocycles. The molecule has 4 nitrogen and oxygen atoms in total. The van der Waals surface area contributed by atoms with Gasteiger partial charge in [0.25, 0.3) is 0 Å². The molecule has 3 aromatic heterocycles. The molecule has 0 spiro atoms. The van der Waals surface area contributed by atoms with Gasteiger partial charge in [0.2, 0.25) is 0 Å². The molecule has 1 aliphatic rings. The lowest BCUT2D eigenvalue weighted by Gasteiger charge is -2.42. The highest BCUT2D eigenvalue weighted by atomic mass is 32.1. The van der Waals surface area contributed by atoms with Gasteiger partial charge in [-0.05, 0) is 105 Å². The smallest absolute Gasteiger partial charge is 0.164 e. The minimum Gasteiger partial charge on any atom is -0.309 e. The fourth-order valence-electron chi connectivity index (χ4n) is 9.98. The minimum absolute atomic E-state index is 0.0876. The molecule has 0 atom stereocenters. The van der Waals surface area contributed by atoms with Crippen LogP contribution in [0.3, 0.4) is 0 Å². The van der Waals surface area contributed by atoms with Crippen LogP contribution in [0.1, 0.15) is 51.7 Å². The van der Waals surface area contributed by atoms with E-state index in [4.69, 9.17) is 15.0 Å². The van der Waals surface area contributed by atoms with Gasteiger partial charge in [-0.3, -0.25) is 0 Å². The molecule has 0 saturated heterocycles. The standard InChI is InChI=1S/C57H44N4S/c1-56(2)28-29-57(3,4)48-34-50-46(33-47(48)56)43-20-7-9-24-49(43)61(50)41-19-12-18-39(32-41)54-58-53(59-55(60-54)40-27-26-35-14-5-6-15-36(35)30-40)38-17-11-16-37(31-38)42-22-13-23-45-44-21-8-10-25-51(44)62-52(42)45/h5-27,30-34H,28-29H2,1-4H3. The lowest BCUT2D eigenvalue weighted by atomic mass is 9.63. The number of hydrogen-bond donors (Lipinski definition) is 0. The molecule has 0 bridgehead atoms. The summed E-state index contributed by atoms with van der Waals surface area (Å²) < 4.78 is 5.02. The third kappa shape index (κ3) is 5.90. The molecular formula is C57H44N4S. The van der Waals surface area contributed by atoms with Crippen molar-refractivity contribution in [2.75, 3.05) is 0 Å². The maximum atomic E-state index is 5.30. The van der Waals surface area contributed by atoms with E-state index in [-0.39, 0.29) is 10.8 Å². The molecule has 5 heteroatoms. The molecule has 0 fully saturated rings. The molecule has 62 heavy (non-hydrogen) atoms. The summed E-state index contributed by atoms with van der Waals surface area (Å²) in [5.74, 6) is 1.92. The van der Waals surface area contributed by atoms with Crippen molar-refractivity contribution in [2.45, 2.75) is 51.4 Å². The molecular weight excluding hydrogens is 773 g/mol. The fraction of sp³-hybridized carbons (Fsp3) is 0.140. The van der Waals surface area contributed by atoms with Gasteiger partial charge in [-0.15, -0.1) is 11.3 Å². The summed E-state index contributed by atoms with van der Waals surface area (Å²) in [6.45, 7) is 9.64. The summed E-state index contributed by atoms with van der Waals surface area (Å²) in [5, 5.41) is 7.47. The van der Waals surface area contributed by atoms with Gasteiger partial charge in [0, 0.05) is 53.3 Å². The van der Waals surface area contributed by atoms with E-state index in [1.54, 1.807) is 0 Å². The summed E-state index contributed by atoms with van der Waals surface area (Å²) in [6, 6.07) is 61.5. The summed E-state index contributed by atoms with van der Waals surface area (Å²) in [4.78, 5) is 15.8. The Kier molecular flexibility index (Phi) is 8.20. The number of para-hydroxylation sites is 1. The average molecular weight is 817 g/mol. The quantitative estimate of drug-likeness (QED) is 0.174. The lowest BCUT2D eigenvalue weighted by Crippen LogP contribution is -2.33. The van der Waals surface area contributed by atoms with Crippen LogP contribution in [-0.2, 0) is 10.8 Å². The summed E-state index contributed by atoms with van der Waals surface area (Å²) in [6.07, 6.45) is 2.35. The molecule has 0 aliphatic heterocycles. The Labute approximate surface area is 365 Å². The van der Waals surface area contributed by atoms with Crippen LogP contribution in [0.15, 0.2) is 170 Å². The van der Waals surface area contributed by atoms with Crippen LogP contribution in [0.5, 0.6) is 0 Å². The maximum Gasteiger partial charge on any atom is 0.164 e. The van der Waals surface area contributed by atoms with Gasteiger partial charge in [-0.2, -0.15) is 0 Å². The second-order valence-corrected chi connectivity index (χ2v) is 19.4. The summed E-state index contributed by atoms with van der Waals surface area (Å²) in [5.41, 5.74) is 11.8. The zero-order chi connectivity index (χ0) is 41.7. The third-order valence-electron chi connectivity index (χ3n) is 13.5. The van der Waals surface area contributed by atoms with Gasteiger partial charge in [0.1, 0.15) is 0 Å². The van der Waals surface area contributed by atoms with Crippen molar-refractivity contribution in [1.82, 2.24) is 19.5 Å².